The Bertz CT molecular complexity index is 636. The second kappa shape index (κ2) is 11.7. The molecule has 6 nitrogen and oxygen atoms in total. The van der Waals surface area contributed by atoms with Gasteiger partial charge in [0.1, 0.15) is 0 Å². The first-order valence-electron chi connectivity index (χ1n) is 10.5. The second-order valence-corrected chi connectivity index (χ2v) is 8.01. The molecule has 1 aliphatic heterocycles. The number of carbonyl (C=O) groups excluding carboxylic acids is 1. The summed E-state index contributed by atoms with van der Waals surface area (Å²) in [5.74, 6) is 2.41. The predicted molar refractivity (Wildman–Crippen MR) is 117 cm³/mol. The summed E-state index contributed by atoms with van der Waals surface area (Å²) in [5.41, 5.74) is 1.83. The molecule has 156 valence electrons. The van der Waals surface area contributed by atoms with E-state index >= 15 is 0 Å². The lowest BCUT2D eigenvalue weighted by molar-refractivity contribution is 0.0963. The number of nitrogens with one attached hydrogen (secondary N) is 3. The van der Waals surface area contributed by atoms with Gasteiger partial charge in [-0.2, -0.15) is 0 Å². The summed E-state index contributed by atoms with van der Waals surface area (Å²) < 4.78 is 0. The number of rotatable bonds is 8. The highest BCUT2D eigenvalue weighted by atomic mass is 16.1. The standard InChI is InChI=1S/C22H37N5O/c1-17-13-18(2)16-27(15-17)12-6-10-25-22(24-4)26-11-9-19-7-5-8-20(14-19)21(28)23-3/h5,7-8,14,17-18H,6,9-13,15-16H2,1-4H3,(H,23,28)(H2,24,25,26). The topological polar surface area (TPSA) is 68.8 Å². The van der Waals surface area contributed by atoms with Crippen molar-refractivity contribution in [3.05, 3.63) is 35.4 Å². The Morgan fingerprint density at radius 3 is 2.57 bits per heavy atom. The number of hydrogen-bond acceptors (Lipinski definition) is 3. The zero-order valence-corrected chi connectivity index (χ0v) is 17.9. The second-order valence-electron chi connectivity index (χ2n) is 8.01. The smallest absolute Gasteiger partial charge is 0.251 e. The highest BCUT2D eigenvalue weighted by Gasteiger charge is 2.20. The van der Waals surface area contributed by atoms with Gasteiger partial charge in [0.2, 0.25) is 0 Å². The van der Waals surface area contributed by atoms with E-state index in [9.17, 15) is 4.79 Å². The van der Waals surface area contributed by atoms with Crippen molar-refractivity contribution in [2.24, 2.45) is 16.8 Å². The van der Waals surface area contributed by atoms with Crippen LogP contribution in [-0.2, 0) is 6.42 Å². The van der Waals surface area contributed by atoms with E-state index < -0.39 is 0 Å². The molecule has 0 saturated carbocycles. The first kappa shape index (κ1) is 22.2. The SMILES string of the molecule is CN=C(NCCCN1CC(C)CC(C)C1)NCCc1cccc(C(=O)NC)c1. The molecule has 0 bridgehead atoms. The number of nitrogens with zero attached hydrogens (tertiary/aromatic N) is 2. The van der Waals surface area contributed by atoms with E-state index in [1.165, 1.54) is 19.5 Å². The number of hydrogen-bond donors (Lipinski definition) is 3. The van der Waals surface area contributed by atoms with Crippen LogP contribution in [0.15, 0.2) is 29.3 Å². The van der Waals surface area contributed by atoms with Crippen molar-refractivity contribution < 1.29 is 4.79 Å². The maximum Gasteiger partial charge on any atom is 0.251 e. The molecule has 2 unspecified atom stereocenters. The summed E-state index contributed by atoms with van der Waals surface area (Å²) in [6, 6.07) is 7.75. The molecule has 1 amide bonds. The van der Waals surface area contributed by atoms with Gasteiger partial charge >= 0.3 is 0 Å². The minimum atomic E-state index is -0.0511. The van der Waals surface area contributed by atoms with Gasteiger partial charge < -0.3 is 20.9 Å². The molecule has 0 radical (unpaired) electrons. The van der Waals surface area contributed by atoms with Crippen molar-refractivity contribution in [3.8, 4) is 0 Å². The number of likely N-dealkylation sites (tertiary alicyclic amines) is 1. The van der Waals surface area contributed by atoms with E-state index in [-0.39, 0.29) is 5.91 Å². The van der Waals surface area contributed by atoms with Crippen molar-refractivity contribution in [2.45, 2.75) is 33.1 Å². The number of amides is 1. The van der Waals surface area contributed by atoms with Crippen LogP contribution in [0.4, 0.5) is 0 Å². The van der Waals surface area contributed by atoms with Gasteiger partial charge in [-0.3, -0.25) is 9.79 Å². The summed E-state index contributed by atoms with van der Waals surface area (Å²) in [5, 5.41) is 9.42. The minimum absolute atomic E-state index is 0.0511. The molecule has 2 atom stereocenters. The molecule has 1 aromatic carbocycles. The molecule has 0 spiro atoms. The Morgan fingerprint density at radius 1 is 1.18 bits per heavy atom. The van der Waals surface area contributed by atoms with Crippen molar-refractivity contribution in [1.29, 1.82) is 0 Å². The third-order valence-corrected chi connectivity index (χ3v) is 5.23. The predicted octanol–water partition coefficient (Wildman–Crippen LogP) is 2.12. The molecule has 1 saturated heterocycles. The molecular formula is C22H37N5O. The Kier molecular flexibility index (Phi) is 9.28. The van der Waals surface area contributed by atoms with Crippen molar-refractivity contribution in [1.82, 2.24) is 20.9 Å². The maximum atomic E-state index is 11.7. The average Bonchev–Trinajstić information content (AvgIpc) is 2.68. The highest BCUT2D eigenvalue weighted by molar-refractivity contribution is 5.94. The van der Waals surface area contributed by atoms with Gasteiger partial charge in [-0.15, -0.1) is 0 Å². The lowest BCUT2D eigenvalue weighted by Crippen LogP contribution is -2.42. The molecule has 1 aliphatic rings. The van der Waals surface area contributed by atoms with Gasteiger partial charge in [0.25, 0.3) is 5.91 Å². The fourth-order valence-electron chi connectivity index (χ4n) is 4.04. The van der Waals surface area contributed by atoms with Gasteiger partial charge in [0, 0.05) is 45.8 Å². The van der Waals surface area contributed by atoms with Gasteiger partial charge in [-0.05, 0) is 55.3 Å². The molecule has 1 heterocycles. The van der Waals surface area contributed by atoms with Gasteiger partial charge in [-0.1, -0.05) is 26.0 Å². The van der Waals surface area contributed by atoms with Crippen molar-refractivity contribution in [2.75, 3.05) is 46.8 Å². The molecule has 1 fully saturated rings. The minimum Gasteiger partial charge on any atom is -0.356 e. The Labute approximate surface area is 170 Å². The van der Waals surface area contributed by atoms with Crippen LogP contribution in [0.1, 0.15) is 42.6 Å². The van der Waals surface area contributed by atoms with Crippen molar-refractivity contribution >= 4 is 11.9 Å². The van der Waals surface area contributed by atoms with Gasteiger partial charge in [0.15, 0.2) is 5.96 Å². The third-order valence-electron chi connectivity index (χ3n) is 5.23. The highest BCUT2D eigenvalue weighted by Crippen LogP contribution is 2.20. The fraction of sp³-hybridized carbons (Fsp3) is 0.636. The summed E-state index contributed by atoms with van der Waals surface area (Å²) >= 11 is 0. The summed E-state index contributed by atoms with van der Waals surface area (Å²) in [7, 11) is 3.45. The Hall–Kier alpha value is -2.08. The largest absolute Gasteiger partial charge is 0.356 e. The first-order valence-corrected chi connectivity index (χ1v) is 10.5. The quantitative estimate of drug-likeness (QED) is 0.363. The molecule has 2 rings (SSSR count). The van der Waals surface area contributed by atoms with Crippen LogP contribution in [0, 0.1) is 11.8 Å². The number of carbonyl (C=O) groups is 1. The zero-order chi connectivity index (χ0) is 20.4. The van der Waals surface area contributed by atoms with Crippen LogP contribution in [-0.4, -0.2) is 63.6 Å². The van der Waals surface area contributed by atoms with Gasteiger partial charge in [-0.25, -0.2) is 0 Å². The summed E-state index contributed by atoms with van der Waals surface area (Å²) in [6.45, 7) is 10.0. The van der Waals surface area contributed by atoms with E-state index in [1.54, 1.807) is 14.1 Å². The molecule has 1 aromatic rings. The molecule has 3 N–H and O–H groups in total. The van der Waals surface area contributed by atoms with Crippen molar-refractivity contribution in [3.63, 3.8) is 0 Å². The van der Waals surface area contributed by atoms with Crippen LogP contribution in [0.3, 0.4) is 0 Å². The number of aliphatic imine (C=N–C) groups is 1. The Morgan fingerprint density at radius 2 is 1.89 bits per heavy atom. The summed E-state index contributed by atoms with van der Waals surface area (Å²) in [4.78, 5) is 18.6. The summed E-state index contributed by atoms with van der Waals surface area (Å²) in [6.07, 6.45) is 3.32. The van der Waals surface area contributed by atoms with Crippen LogP contribution in [0.25, 0.3) is 0 Å². The number of guanidine groups is 1. The van der Waals surface area contributed by atoms with Crippen LogP contribution >= 0.6 is 0 Å². The molecule has 0 aliphatic carbocycles. The van der Waals surface area contributed by atoms with E-state index in [0.717, 1.165) is 55.8 Å². The lowest BCUT2D eigenvalue weighted by atomic mass is 9.92. The van der Waals surface area contributed by atoms with Crippen LogP contribution in [0.5, 0.6) is 0 Å². The molecular weight excluding hydrogens is 350 g/mol. The number of benzene rings is 1. The van der Waals surface area contributed by atoms with E-state index in [1.807, 2.05) is 24.3 Å². The van der Waals surface area contributed by atoms with E-state index in [0.29, 0.717) is 5.56 Å². The van der Waals surface area contributed by atoms with Crippen LogP contribution < -0.4 is 16.0 Å². The maximum absolute atomic E-state index is 11.7. The lowest BCUT2D eigenvalue weighted by Gasteiger charge is -2.35. The molecule has 0 aromatic heterocycles. The average molecular weight is 388 g/mol. The monoisotopic (exact) mass is 387 g/mol. The molecule has 6 heteroatoms. The van der Waals surface area contributed by atoms with E-state index in [4.69, 9.17) is 0 Å². The van der Waals surface area contributed by atoms with Crippen LogP contribution in [0.2, 0.25) is 0 Å². The normalized spacial score (nSPS) is 20.6. The first-order chi connectivity index (χ1) is 13.5. The fourth-order valence-corrected chi connectivity index (χ4v) is 4.04. The third kappa shape index (κ3) is 7.50. The van der Waals surface area contributed by atoms with E-state index in [2.05, 4.69) is 39.7 Å². The molecule has 28 heavy (non-hydrogen) atoms. The zero-order valence-electron chi connectivity index (χ0n) is 17.9. The van der Waals surface area contributed by atoms with Gasteiger partial charge in [0.05, 0.1) is 0 Å². The number of piperidine rings is 1. The Balaban J connectivity index is 1.66.